The van der Waals surface area contributed by atoms with Crippen LogP contribution in [0.4, 0.5) is 4.39 Å². The van der Waals surface area contributed by atoms with Crippen molar-refractivity contribution < 1.29 is 18.7 Å². The van der Waals surface area contributed by atoms with Gasteiger partial charge in [-0.05, 0) is 32.9 Å². The van der Waals surface area contributed by atoms with Crippen LogP contribution in [0.3, 0.4) is 0 Å². The Morgan fingerprint density at radius 1 is 1.33 bits per heavy atom. The minimum absolute atomic E-state index is 0.0731. The lowest BCUT2D eigenvalue weighted by Crippen LogP contribution is -2.28. The van der Waals surface area contributed by atoms with Crippen molar-refractivity contribution in [2.75, 3.05) is 13.2 Å². The lowest BCUT2D eigenvalue weighted by molar-refractivity contribution is -0.151. The molecule has 0 aliphatic carbocycles. The molecule has 1 aromatic carbocycles. The average Bonchev–Trinajstić information content (AvgIpc) is 2.45. The number of hydrogen-bond donors (Lipinski definition) is 1. The lowest BCUT2D eigenvalue weighted by atomic mass is 10.1. The molecule has 0 aliphatic rings. The van der Waals surface area contributed by atoms with E-state index in [4.69, 9.17) is 9.47 Å². The number of benzene rings is 1. The van der Waals surface area contributed by atoms with Gasteiger partial charge in [0.15, 0.2) is 6.10 Å². The summed E-state index contributed by atoms with van der Waals surface area (Å²) in [7, 11) is 0. The summed E-state index contributed by atoms with van der Waals surface area (Å²) < 4.78 is 24.5. The van der Waals surface area contributed by atoms with Gasteiger partial charge in [-0.15, -0.1) is 0 Å². The summed E-state index contributed by atoms with van der Waals surface area (Å²) in [6, 6.07) is 4.59. The molecule has 1 N–H and O–H groups in total. The van der Waals surface area contributed by atoms with Crippen LogP contribution in [0.15, 0.2) is 18.2 Å². The predicted octanol–water partition coefficient (Wildman–Crippen LogP) is 3.22. The SMILES string of the molecule is CCNC(C)c1ccc(OC(CC)C(=O)OCC)cc1F. The smallest absolute Gasteiger partial charge is 0.347 e. The van der Waals surface area contributed by atoms with Crippen LogP contribution >= 0.6 is 0 Å². The van der Waals surface area contributed by atoms with Gasteiger partial charge in [0.25, 0.3) is 0 Å². The summed E-state index contributed by atoms with van der Waals surface area (Å²) in [6.45, 7) is 8.49. The molecule has 0 aromatic heterocycles. The first-order valence-electron chi connectivity index (χ1n) is 7.39. The van der Waals surface area contributed by atoms with Crippen molar-refractivity contribution >= 4 is 5.97 Å². The van der Waals surface area contributed by atoms with Crippen LogP contribution in [-0.2, 0) is 9.53 Å². The average molecular weight is 297 g/mol. The Kier molecular flexibility index (Phi) is 7.15. The second-order valence-corrected chi connectivity index (χ2v) is 4.73. The van der Waals surface area contributed by atoms with Gasteiger partial charge in [-0.2, -0.15) is 0 Å². The molecule has 0 radical (unpaired) electrons. The third kappa shape index (κ3) is 5.01. The number of esters is 1. The molecule has 0 fully saturated rings. The van der Waals surface area contributed by atoms with Crippen molar-refractivity contribution in [3.63, 3.8) is 0 Å². The summed E-state index contributed by atoms with van der Waals surface area (Å²) in [6.07, 6.45) is -0.239. The molecule has 0 aliphatic heterocycles. The number of nitrogens with one attached hydrogen (secondary N) is 1. The molecular formula is C16H24FNO3. The van der Waals surface area contributed by atoms with Crippen molar-refractivity contribution in [3.05, 3.63) is 29.6 Å². The molecule has 2 atom stereocenters. The van der Waals surface area contributed by atoms with Crippen LogP contribution in [0.25, 0.3) is 0 Å². The molecule has 1 aromatic rings. The molecule has 0 saturated heterocycles. The Hall–Kier alpha value is -1.62. The van der Waals surface area contributed by atoms with E-state index in [1.165, 1.54) is 6.07 Å². The minimum atomic E-state index is -0.707. The second-order valence-electron chi connectivity index (χ2n) is 4.73. The predicted molar refractivity (Wildman–Crippen MR) is 79.8 cm³/mol. The van der Waals surface area contributed by atoms with Crippen LogP contribution in [-0.4, -0.2) is 25.2 Å². The first-order valence-corrected chi connectivity index (χ1v) is 7.39. The normalized spacial score (nSPS) is 13.6. The largest absolute Gasteiger partial charge is 0.479 e. The van der Waals surface area contributed by atoms with Crippen LogP contribution in [0.2, 0.25) is 0 Å². The zero-order chi connectivity index (χ0) is 15.8. The van der Waals surface area contributed by atoms with Crippen LogP contribution in [0, 0.1) is 5.82 Å². The monoisotopic (exact) mass is 297 g/mol. The molecule has 4 nitrogen and oxygen atoms in total. The number of halogens is 1. The fourth-order valence-electron chi connectivity index (χ4n) is 2.05. The topological polar surface area (TPSA) is 47.6 Å². The molecule has 2 unspecified atom stereocenters. The summed E-state index contributed by atoms with van der Waals surface area (Å²) >= 11 is 0. The highest BCUT2D eigenvalue weighted by atomic mass is 19.1. The Labute approximate surface area is 125 Å². The van der Waals surface area contributed by atoms with Crippen molar-refractivity contribution in [1.82, 2.24) is 5.32 Å². The molecular weight excluding hydrogens is 273 g/mol. The van der Waals surface area contributed by atoms with Crippen LogP contribution in [0.1, 0.15) is 45.7 Å². The lowest BCUT2D eigenvalue weighted by Gasteiger charge is -2.18. The highest BCUT2D eigenvalue weighted by Gasteiger charge is 2.20. The van der Waals surface area contributed by atoms with Gasteiger partial charge in [-0.25, -0.2) is 9.18 Å². The maximum Gasteiger partial charge on any atom is 0.347 e. The summed E-state index contributed by atoms with van der Waals surface area (Å²) in [4.78, 5) is 11.7. The van der Waals surface area contributed by atoms with Gasteiger partial charge in [0.05, 0.1) is 6.61 Å². The first kappa shape index (κ1) is 17.4. The molecule has 118 valence electrons. The Morgan fingerprint density at radius 2 is 2.05 bits per heavy atom. The Morgan fingerprint density at radius 3 is 2.57 bits per heavy atom. The number of carbonyl (C=O) groups is 1. The van der Waals surface area contributed by atoms with Gasteiger partial charge in [0, 0.05) is 17.7 Å². The third-order valence-corrected chi connectivity index (χ3v) is 3.15. The quantitative estimate of drug-likeness (QED) is 0.748. The maximum absolute atomic E-state index is 14.1. The van der Waals surface area contributed by atoms with Gasteiger partial charge in [0.2, 0.25) is 0 Å². The first-order chi connectivity index (χ1) is 10.0. The number of ether oxygens (including phenoxy) is 2. The highest BCUT2D eigenvalue weighted by Crippen LogP contribution is 2.23. The van der Waals surface area contributed by atoms with E-state index in [0.29, 0.717) is 24.3 Å². The summed E-state index contributed by atoms with van der Waals surface area (Å²) in [5.74, 6) is -0.440. The molecule has 21 heavy (non-hydrogen) atoms. The number of rotatable bonds is 8. The second kappa shape index (κ2) is 8.62. The van der Waals surface area contributed by atoms with E-state index < -0.39 is 12.1 Å². The van der Waals surface area contributed by atoms with Gasteiger partial charge >= 0.3 is 5.97 Å². The molecule has 0 bridgehead atoms. The molecule has 5 heteroatoms. The fraction of sp³-hybridized carbons (Fsp3) is 0.562. The molecule has 0 amide bonds. The van der Waals surface area contributed by atoms with Crippen molar-refractivity contribution in [3.8, 4) is 5.75 Å². The van der Waals surface area contributed by atoms with E-state index in [-0.39, 0.29) is 11.9 Å². The van der Waals surface area contributed by atoms with E-state index in [1.54, 1.807) is 19.1 Å². The van der Waals surface area contributed by atoms with Gasteiger partial charge < -0.3 is 14.8 Å². The van der Waals surface area contributed by atoms with E-state index in [0.717, 1.165) is 6.54 Å². The zero-order valence-corrected chi connectivity index (χ0v) is 13.1. The van der Waals surface area contributed by atoms with Crippen molar-refractivity contribution in [2.24, 2.45) is 0 Å². The standard InChI is InChI=1S/C16H24FNO3/c1-5-15(16(19)20-7-3)21-12-8-9-13(14(17)10-12)11(4)18-6-2/h8-11,15,18H,5-7H2,1-4H3. The van der Waals surface area contributed by atoms with E-state index >= 15 is 0 Å². The van der Waals surface area contributed by atoms with Crippen molar-refractivity contribution in [1.29, 1.82) is 0 Å². The van der Waals surface area contributed by atoms with E-state index in [1.807, 2.05) is 20.8 Å². The van der Waals surface area contributed by atoms with Gasteiger partial charge in [0.1, 0.15) is 11.6 Å². The number of carbonyl (C=O) groups excluding carboxylic acids is 1. The van der Waals surface area contributed by atoms with Gasteiger partial charge in [-0.3, -0.25) is 0 Å². The Balaban J connectivity index is 2.81. The van der Waals surface area contributed by atoms with Crippen LogP contribution < -0.4 is 10.1 Å². The minimum Gasteiger partial charge on any atom is -0.479 e. The zero-order valence-electron chi connectivity index (χ0n) is 13.1. The molecule has 0 spiro atoms. The maximum atomic E-state index is 14.1. The van der Waals surface area contributed by atoms with E-state index in [9.17, 15) is 9.18 Å². The van der Waals surface area contributed by atoms with Crippen LogP contribution in [0.5, 0.6) is 5.75 Å². The molecule has 0 heterocycles. The molecule has 0 saturated carbocycles. The highest BCUT2D eigenvalue weighted by molar-refractivity contribution is 5.75. The summed E-state index contributed by atoms with van der Waals surface area (Å²) in [5, 5.41) is 3.15. The fourth-order valence-corrected chi connectivity index (χ4v) is 2.05. The third-order valence-electron chi connectivity index (χ3n) is 3.15. The van der Waals surface area contributed by atoms with Crippen molar-refractivity contribution in [2.45, 2.75) is 46.3 Å². The summed E-state index contributed by atoms with van der Waals surface area (Å²) in [5.41, 5.74) is 0.577. The van der Waals surface area contributed by atoms with E-state index in [2.05, 4.69) is 5.32 Å². The van der Waals surface area contributed by atoms with Gasteiger partial charge in [-0.1, -0.05) is 19.9 Å². The molecule has 1 rings (SSSR count). The Bertz CT molecular complexity index is 465. The number of hydrogen-bond acceptors (Lipinski definition) is 4.